The van der Waals surface area contributed by atoms with Crippen LogP contribution in [-0.2, 0) is 16.0 Å². The fourth-order valence-corrected chi connectivity index (χ4v) is 1.64. The minimum atomic E-state index is -1.15. The number of hydrogen-bond acceptors (Lipinski definition) is 6. The van der Waals surface area contributed by atoms with Gasteiger partial charge in [0.25, 0.3) is 5.69 Å². The van der Waals surface area contributed by atoms with Crippen molar-refractivity contribution < 1.29 is 19.2 Å². The molecule has 0 spiro atoms. The van der Waals surface area contributed by atoms with Gasteiger partial charge in [-0.05, 0) is 40.7 Å². The average Bonchev–Trinajstić information content (AvgIpc) is 2.36. The van der Waals surface area contributed by atoms with Gasteiger partial charge in [-0.25, -0.2) is 4.79 Å². The standard InChI is InChI=1S/C15H21N3O5/c1-14(2,3)23-13(20)17-15(4,5)12(19)8-10-6-7-11(9-16-10)18(21)22/h6-7,9H,8H2,1-5H3,(H,17,20). The number of carbonyl (C=O) groups excluding carboxylic acids is 2. The second-order valence-electron chi connectivity index (χ2n) is 6.62. The van der Waals surface area contributed by atoms with Crippen LogP contribution in [0.15, 0.2) is 18.3 Å². The van der Waals surface area contributed by atoms with Gasteiger partial charge in [-0.15, -0.1) is 0 Å². The first-order valence-electron chi connectivity index (χ1n) is 7.04. The zero-order chi connectivity index (χ0) is 17.8. The summed E-state index contributed by atoms with van der Waals surface area (Å²) in [7, 11) is 0. The fourth-order valence-electron chi connectivity index (χ4n) is 1.64. The van der Waals surface area contributed by atoms with Gasteiger partial charge in [-0.2, -0.15) is 0 Å². The fraction of sp³-hybridized carbons (Fsp3) is 0.533. The normalized spacial score (nSPS) is 11.7. The van der Waals surface area contributed by atoms with Crippen molar-refractivity contribution in [1.82, 2.24) is 10.3 Å². The number of nitro groups is 1. The number of carbonyl (C=O) groups is 2. The second-order valence-corrected chi connectivity index (χ2v) is 6.62. The van der Waals surface area contributed by atoms with E-state index < -0.39 is 22.2 Å². The first kappa shape index (κ1) is 18.5. The van der Waals surface area contributed by atoms with Gasteiger partial charge in [0.15, 0.2) is 5.78 Å². The van der Waals surface area contributed by atoms with Crippen LogP contribution in [0.4, 0.5) is 10.5 Å². The number of rotatable bonds is 5. The SMILES string of the molecule is CC(C)(C)OC(=O)NC(C)(C)C(=O)Cc1ccc([N+](=O)[O-])cn1. The Balaban J connectivity index is 2.71. The molecule has 0 aliphatic heterocycles. The molecule has 0 atom stereocenters. The number of ether oxygens (including phenoxy) is 1. The lowest BCUT2D eigenvalue weighted by atomic mass is 9.95. The molecule has 8 heteroatoms. The average molecular weight is 323 g/mol. The first-order valence-corrected chi connectivity index (χ1v) is 7.04. The van der Waals surface area contributed by atoms with Crippen molar-refractivity contribution in [1.29, 1.82) is 0 Å². The lowest BCUT2D eigenvalue weighted by Gasteiger charge is -2.27. The highest BCUT2D eigenvalue weighted by atomic mass is 16.6. The predicted octanol–water partition coefficient (Wildman–Crippen LogP) is 2.40. The largest absolute Gasteiger partial charge is 0.444 e. The van der Waals surface area contributed by atoms with Crippen LogP contribution >= 0.6 is 0 Å². The monoisotopic (exact) mass is 323 g/mol. The van der Waals surface area contributed by atoms with Crippen LogP contribution in [0.2, 0.25) is 0 Å². The van der Waals surface area contributed by atoms with Gasteiger partial charge in [-0.1, -0.05) is 0 Å². The van der Waals surface area contributed by atoms with E-state index in [0.29, 0.717) is 5.69 Å². The molecule has 1 aromatic rings. The third-order valence-electron chi connectivity index (χ3n) is 2.87. The molecule has 0 aliphatic rings. The minimum absolute atomic E-state index is 0.0548. The van der Waals surface area contributed by atoms with Gasteiger partial charge in [-0.3, -0.25) is 19.9 Å². The van der Waals surface area contributed by atoms with Gasteiger partial charge in [0.1, 0.15) is 11.8 Å². The number of alkyl carbamates (subject to hydrolysis) is 1. The number of hydrogen-bond donors (Lipinski definition) is 1. The molecule has 0 saturated carbocycles. The Morgan fingerprint density at radius 2 is 1.87 bits per heavy atom. The molecule has 8 nitrogen and oxygen atoms in total. The highest BCUT2D eigenvalue weighted by Gasteiger charge is 2.31. The maximum atomic E-state index is 12.3. The molecule has 1 heterocycles. The summed E-state index contributed by atoms with van der Waals surface area (Å²) in [5.41, 5.74) is -1.57. The number of aromatic nitrogens is 1. The summed E-state index contributed by atoms with van der Waals surface area (Å²) in [5, 5.41) is 13.1. The van der Waals surface area contributed by atoms with Crippen LogP contribution in [0.5, 0.6) is 0 Å². The van der Waals surface area contributed by atoms with Crippen LogP contribution in [0.1, 0.15) is 40.3 Å². The molecule has 23 heavy (non-hydrogen) atoms. The summed E-state index contributed by atoms with van der Waals surface area (Å²) in [4.78, 5) is 38.0. The molecule has 1 rings (SSSR count). The van der Waals surface area contributed by atoms with Gasteiger partial charge in [0.2, 0.25) is 0 Å². The van der Waals surface area contributed by atoms with Gasteiger partial charge >= 0.3 is 6.09 Å². The van der Waals surface area contributed by atoms with Gasteiger partial charge in [0.05, 0.1) is 16.9 Å². The van der Waals surface area contributed by atoms with E-state index >= 15 is 0 Å². The van der Waals surface area contributed by atoms with E-state index in [1.54, 1.807) is 34.6 Å². The van der Waals surface area contributed by atoms with E-state index in [1.807, 2.05) is 0 Å². The number of nitrogens with one attached hydrogen (secondary N) is 1. The molecule has 1 amide bonds. The molecule has 0 radical (unpaired) electrons. The van der Waals surface area contributed by atoms with E-state index in [2.05, 4.69) is 10.3 Å². The summed E-state index contributed by atoms with van der Waals surface area (Å²) >= 11 is 0. The van der Waals surface area contributed by atoms with Crippen LogP contribution in [0.25, 0.3) is 0 Å². The lowest BCUT2D eigenvalue weighted by molar-refractivity contribution is -0.385. The molecule has 0 aromatic carbocycles. The Morgan fingerprint density at radius 3 is 2.30 bits per heavy atom. The van der Waals surface area contributed by atoms with Crippen molar-refractivity contribution in [2.75, 3.05) is 0 Å². The van der Waals surface area contributed by atoms with Gasteiger partial charge < -0.3 is 10.1 Å². The van der Waals surface area contributed by atoms with E-state index in [9.17, 15) is 19.7 Å². The smallest absolute Gasteiger partial charge is 0.408 e. The zero-order valence-corrected chi connectivity index (χ0v) is 13.9. The zero-order valence-electron chi connectivity index (χ0n) is 13.9. The number of ketones is 1. The van der Waals surface area contributed by atoms with Crippen LogP contribution < -0.4 is 5.32 Å². The molecule has 0 aliphatic carbocycles. The van der Waals surface area contributed by atoms with Crippen molar-refractivity contribution in [2.24, 2.45) is 0 Å². The van der Waals surface area contributed by atoms with Crippen molar-refractivity contribution in [3.8, 4) is 0 Å². The van der Waals surface area contributed by atoms with E-state index in [0.717, 1.165) is 6.20 Å². The molecule has 0 saturated heterocycles. The van der Waals surface area contributed by atoms with Crippen molar-refractivity contribution >= 4 is 17.6 Å². The maximum absolute atomic E-state index is 12.3. The third-order valence-corrected chi connectivity index (χ3v) is 2.87. The Morgan fingerprint density at radius 1 is 1.26 bits per heavy atom. The molecule has 126 valence electrons. The highest BCUT2D eigenvalue weighted by Crippen LogP contribution is 2.14. The molecular formula is C15H21N3O5. The molecule has 0 fully saturated rings. The topological polar surface area (TPSA) is 111 Å². The van der Waals surface area contributed by atoms with Crippen molar-refractivity contribution in [2.45, 2.75) is 52.2 Å². The summed E-state index contributed by atoms with van der Waals surface area (Å²) < 4.78 is 5.12. The number of nitrogens with zero attached hydrogens (tertiary/aromatic N) is 2. The lowest BCUT2D eigenvalue weighted by Crippen LogP contribution is -2.51. The summed E-state index contributed by atoms with van der Waals surface area (Å²) in [6.45, 7) is 8.29. The number of Topliss-reactive ketones (excluding diaryl/α,β-unsaturated/α-hetero) is 1. The Bertz CT molecular complexity index is 603. The van der Waals surface area contributed by atoms with Crippen LogP contribution in [-0.4, -0.2) is 32.9 Å². The van der Waals surface area contributed by atoms with Crippen LogP contribution in [0, 0.1) is 10.1 Å². The first-order chi connectivity index (χ1) is 10.4. The van der Waals surface area contributed by atoms with Crippen LogP contribution in [0.3, 0.4) is 0 Å². The maximum Gasteiger partial charge on any atom is 0.408 e. The molecular weight excluding hydrogens is 302 g/mol. The van der Waals surface area contributed by atoms with Crippen molar-refractivity contribution in [3.63, 3.8) is 0 Å². The minimum Gasteiger partial charge on any atom is -0.444 e. The second kappa shape index (κ2) is 6.72. The molecule has 0 bridgehead atoms. The Hall–Kier alpha value is -2.51. The quantitative estimate of drug-likeness (QED) is 0.658. The van der Waals surface area contributed by atoms with Gasteiger partial charge in [0, 0.05) is 11.8 Å². The third kappa shape index (κ3) is 6.01. The highest BCUT2D eigenvalue weighted by molar-refractivity contribution is 5.92. The number of pyridine rings is 1. The molecule has 1 N–H and O–H groups in total. The Labute approximate surface area is 134 Å². The summed E-state index contributed by atoms with van der Waals surface area (Å²) in [5.74, 6) is -0.287. The predicted molar refractivity (Wildman–Crippen MR) is 83.1 cm³/mol. The number of amides is 1. The van der Waals surface area contributed by atoms with E-state index in [1.165, 1.54) is 12.1 Å². The molecule has 1 aromatic heterocycles. The van der Waals surface area contributed by atoms with E-state index in [-0.39, 0.29) is 17.9 Å². The molecule has 0 unspecified atom stereocenters. The van der Waals surface area contributed by atoms with E-state index in [4.69, 9.17) is 4.74 Å². The summed E-state index contributed by atoms with van der Waals surface area (Å²) in [6.07, 6.45) is 0.352. The Kier molecular flexibility index (Phi) is 5.42. The van der Waals surface area contributed by atoms with Crippen molar-refractivity contribution in [3.05, 3.63) is 34.1 Å². The summed E-state index contributed by atoms with van der Waals surface area (Å²) in [6, 6.07) is 2.70.